The van der Waals surface area contributed by atoms with Crippen LogP contribution in [0.5, 0.6) is 0 Å². The van der Waals surface area contributed by atoms with Gasteiger partial charge in [-0.15, -0.1) is 0 Å². The zero-order chi connectivity index (χ0) is 17.4. The summed E-state index contributed by atoms with van der Waals surface area (Å²) in [4.78, 5) is 27.7. The minimum Gasteiger partial charge on any atom is -0.450 e. The molecule has 0 unspecified atom stereocenters. The highest BCUT2D eigenvalue weighted by molar-refractivity contribution is 5.99. The number of benzene rings is 2. The number of ether oxygens (including phenoxy) is 1. The van der Waals surface area contributed by atoms with Crippen LogP contribution in [-0.4, -0.2) is 31.1 Å². The zero-order valence-electron chi connectivity index (χ0n) is 13.8. The molecular weight excluding hydrogens is 318 g/mol. The maximum atomic E-state index is 13.1. The second kappa shape index (κ2) is 6.18. The number of nitrogens with zero attached hydrogens (tertiary/aromatic N) is 1. The number of hydrogen-bond donors (Lipinski definition) is 0. The number of fused-ring (bicyclic) bond motifs is 2. The first-order valence-electron chi connectivity index (χ1n) is 8.13. The summed E-state index contributed by atoms with van der Waals surface area (Å²) in [6.45, 7) is 0.769. The van der Waals surface area contributed by atoms with E-state index in [1.165, 1.54) is 0 Å². The predicted octanol–water partition coefficient (Wildman–Crippen LogP) is 2.98. The van der Waals surface area contributed by atoms with E-state index in [4.69, 9.17) is 9.15 Å². The minimum atomic E-state index is -0.459. The highest BCUT2D eigenvalue weighted by atomic mass is 16.5. The van der Waals surface area contributed by atoms with Crippen molar-refractivity contribution in [1.29, 1.82) is 0 Å². The highest BCUT2D eigenvalue weighted by Crippen LogP contribution is 2.37. The third-order valence-corrected chi connectivity index (χ3v) is 4.52. The van der Waals surface area contributed by atoms with E-state index >= 15 is 0 Å². The summed E-state index contributed by atoms with van der Waals surface area (Å²) in [5, 5.41) is 0.489. The molecule has 5 heteroatoms. The molecule has 1 atom stereocenters. The van der Waals surface area contributed by atoms with Crippen LogP contribution in [0.4, 0.5) is 0 Å². The first kappa shape index (κ1) is 15.6. The first-order chi connectivity index (χ1) is 12.2. The minimum absolute atomic E-state index is 0.133. The van der Waals surface area contributed by atoms with Gasteiger partial charge >= 0.3 is 0 Å². The van der Waals surface area contributed by atoms with Gasteiger partial charge in [-0.1, -0.05) is 42.5 Å². The van der Waals surface area contributed by atoms with Gasteiger partial charge in [-0.2, -0.15) is 0 Å². The maximum absolute atomic E-state index is 13.1. The van der Waals surface area contributed by atoms with Gasteiger partial charge in [0.1, 0.15) is 5.58 Å². The van der Waals surface area contributed by atoms with E-state index < -0.39 is 6.04 Å². The average molecular weight is 335 g/mol. The fraction of sp³-hybridized carbons (Fsp3) is 0.200. The molecular formula is C20H17NO4. The fourth-order valence-electron chi connectivity index (χ4n) is 3.37. The van der Waals surface area contributed by atoms with Gasteiger partial charge in [0.25, 0.3) is 5.91 Å². The molecule has 0 saturated heterocycles. The summed E-state index contributed by atoms with van der Waals surface area (Å²) in [5.74, 6) is -0.141. The Labute approximate surface area is 144 Å². The Hall–Kier alpha value is -2.92. The van der Waals surface area contributed by atoms with E-state index in [0.29, 0.717) is 29.7 Å². The molecule has 0 aliphatic carbocycles. The first-order valence-corrected chi connectivity index (χ1v) is 8.13. The Morgan fingerprint density at radius 1 is 1.04 bits per heavy atom. The van der Waals surface area contributed by atoms with Crippen LogP contribution in [0.25, 0.3) is 11.0 Å². The lowest BCUT2D eigenvalue weighted by Crippen LogP contribution is -2.32. The molecule has 0 fully saturated rings. The zero-order valence-corrected chi connectivity index (χ0v) is 13.8. The Kier molecular flexibility index (Phi) is 3.86. The van der Waals surface area contributed by atoms with Crippen LogP contribution in [0, 0.1) is 0 Å². The van der Waals surface area contributed by atoms with Crippen molar-refractivity contribution >= 4 is 16.9 Å². The van der Waals surface area contributed by atoms with Crippen LogP contribution < -0.4 is 5.43 Å². The number of rotatable bonds is 4. The SMILES string of the molecule is COCCN1C(=O)c2oc3ccccc3c(=O)c2[C@@H]1c1ccccc1. The van der Waals surface area contributed by atoms with Crippen molar-refractivity contribution in [2.75, 3.05) is 20.3 Å². The fourth-order valence-corrected chi connectivity index (χ4v) is 3.37. The molecule has 4 rings (SSSR count). The van der Waals surface area contributed by atoms with E-state index in [1.807, 2.05) is 30.3 Å². The van der Waals surface area contributed by atoms with Gasteiger partial charge in [0.05, 0.1) is 23.6 Å². The maximum Gasteiger partial charge on any atom is 0.290 e. The van der Waals surface area contributed by atoms with E-state index in [0.717, 1.165) is 5.56 Å². The smallest absolute Gasteiger partial charge is 0.290 e. The second-order valence-corrected chi connectivity index (χ2v) is 5.97. The van der Waals surface area contributed by atoms with Crippen molar-refractivity contribution in [2.24, 2.45) is 0 Å². The van der Waals surface area contributed by atoms with Crippen LogP contribution >= 0.6 is 0 Å². The number of methoxy groups -OCH3 is 1. The normalized spacial score (nSPS) is 16.4. The molecule has 2 heterocycles. The van der Waals surface area contributed by atoms with E-state index in [9.17, 15) is 9.59 Å². The molecule has 0 spiro atoms. The molecule has 1 amide bonds. The van der Waals surface area contributed by atoms with Crippen LogP contribution in [0.3, 0.4) is 0 Å². The average Bonchev–Trinajstić information content (AvgIpc) is 2.93. The van der Waals surface area contributed by atoms with Crippen LogP contribution in [0.1, 0.15) is 27.7 Å². The molecule has 126 valence electrons. The lowest BCUT2D eigenvalue weighted by molar-refractivity contribution is 0.0663. The summed E-state index contributed by atoms with van der Waals surface area (Å²) in [6, 6.07) is 16.1. The lowest BCUT2D eigenvalue weighted by atomic mass is 9.98. The van der Waals surface area contributed by atoms with Crippen molar-refractivity contribution in [2.45, 2.75) is 6.04 Å². The van der Waals surface area contributed by atoms with E-state index in [2.05, 4.69) is 0 Å². The standard InChI is InChI=1S/C20H17NO4/c1-24-12-11-21-17(13-7-3-2-4-8-13)16-18(22)14-9-5-6-10-15(14)25-19(16)20(21)23/h2-10,17H,11-12H2,1H3/t17-/m0/s1. The van der Waals surface area contributed by atoms with Gasteiger partial charge in [0.15, 0.2) is 5.43 Å². The molecule has 0 bridgehead atoms. The van der Waals surface area contributed by atoms with Crippen LogP contribution in [0.2, 0.25) is 0 Å². The second-order valence-electron chi connectivity index (χ2n) is 5.97. The Bertz CT molecular complexity index is 993. The molecule has 3 aromatic rings. The highest BCUT2D eigenvalue weighted by Gasteiger charge is 2.42. The van der Waals surface area contributed by atoms with Crippen molar-refractivity contribution in [3.8, 4) is 0 Å². The molecule has 0 N–H and O–H groups in total. The lowest BCUT2D eigenvalue weighted by Gasteiger charge is -2.24. The topological polar surface area (TPSA) is 59.8 Å². The Morgan fingerprint density at radius 3 is 2.52 bits per heavy atom. The van der Waals surface area contributed by atoms with Crippen molar-refractivity contribution in [3.05, 3.63) is 81.7 Å². The number of para-hydroxylation sites is 1. The van der Waals surface area contributed by atoms with Crippen molar-refractivity contribution in [1.82, 2.24) is 4.90 Å². The van der Waals surface area contributed by atoms with E-state index in [1.54, 1.807) is 36.3 Å². The van der Waals surface area contributed by atoms with Gasteiger partial charge in [0.2, 0.25) is 5.76 Å². The molecule has 2 aromatic carbocycles. The largest absolute Gasteiger partial charge is 0.450 e. The summed E-state index contributed by atoms with van der Waals surface area (Å²) in [6.07, 6.45) is 0. The summed E-state index contributed by atoms with van der Waals surface area (Å²) < 4.78 is 11.0. The van der Waals surface area contributed by atoms with Gasteiger partial charge in [0, 0.05) is 13.7 Å². The summed E-state index contributed by atoms with van der Waals surface area (Å²) in [7, 11) is 1.59. The Balaban J connectivity index is 1.97. The monoisotopic (exact) mass is 335 g/mol. The number of carbonyl (C=O) groups is 1. The number of hydrogen-bond acceptors (Lipinski definition) is 4. The molecule has 25 heavy (non-hydrogen) atoms. The number of amides is 1. The predicted molar refractivity (Wildman–Crippen MR) is 93.7 cm³/mol. The quantitative estimate of drug-likeness (QED) is 0.735. The van der Waals surface area contributed by atoms with Crippen molar-refractivity contribution in [3.63, 3.8) is 0 Å². The van der Waals surface area contributed by atoms with Crippen molar-refractivity contribution < 1.29 is 13.9 Å². The summed E-state index contributed by atoms with van der Waals surface area (Å²) >= 11 is 0. The summed E-state index contributed by atoms with van der Waals surface area (Å²) in [5.41, 5.74) is 1.57. The molecule has 0 radical (unpaired) electrons. The van der Waals surface area contributed by atoms with Gasteiger partial charge in [-0.25, -0.2) is 0 Å². The van der Waals surface area contributed by atoms with E-state index in [-0.39, 0.29) is 17.1 Å². The molecule has 1 aliphatic heterocycles. The third kappa shape index (κ3) is 2.44. The molecule has 5 nitrogen and oxygen atoms in total. The Morgan fingerprint density at radius 2 is 1.76 bits per heavy atom. The van der Waals surface area contributed by atoms with Crippen LogP contribution in [-0.2, 0) is 4.74 Å². The third-order valence-electron chi connectivity index (χ3n) is 4.52. The number of carbonyl (C=O) groups excluding carboxylic acids is 1. The molecule has 1 aromatic heterocycles. The van der Waals surface area contributed by atoms with Gasteiger partial charge < -0.3 is 14.1 Å². The van der Waals surface area contributed by atoms with Crippen LogP contribution in [0.15, 0.2) is 63.8 Å². The molecule has 1 aliphatic rings. The molecule has 0 saturated carbocycles. The van der Waals surface area contributed by atoms with Gasteiger partial charge in [-0.05, 0) is 17.7 Å². The van der Waals surface area contributed by atoms with Gasteiger partial charge in [-0.3, -0.25) is 9.59 Å².